The second-order valence-electron chi connectivity index (χ2n) is 5.35. The summed E-state index contributed by atoms with van der Waals surface area (Å²) in [5.74, 6) is 0. The molecule has 0 atom stereocenters. The molecular weight excluding hydrogens is 335 g/mol. The van der Waals surface area contributed by atoms with E-state index in [0.29, 0.717) is 0 Å². The summed E-state index contributed by atoms with van der Waals surface area (Å²) in [4.78, 5) is 7.00. The predicted molar refractivity (Wildman–Crippen MR) is 95.1 cm³/mol. The Morgan fingerprint density at radius 2 is 1.41 bits per heavy atom. The van der Waals surface area contributed by atoms with Crippen LogP contribution in [0.2, 0.25) is 0 Å². The van der Waals surface area contributed by atoms with Crippen LogP contribution in [0.4, 0.5) is 0 Å². The van der Waals surface area contributed by atoms with E-state index in [1.54, 1.807) is 0 Å². The molecule has 0 aliphatic rings. The Morgan fingerprint density at radius 1 is 0.909 bits per heavy atom. The molecule has 2 aromatic carbocycles. The maximum absolute atomic E-state index is 4.69. The SMILES string of the molecule is CCCCN=C([Se])N(Cc1ccccc1)Cc1ccccc1. The minimum atomic E-state index is 0.869. The Morgan fingerprint density at radius 3 is 1.86 bits per heavy atom. The van der Waals surface area contributed by atoms with Crippen LogP contribution in [0.1, 0.15) is 30.9 Å². The summed E-state index contributed by atoms with van der Waals surface area (Å²) in [7, 11) is 0. The first-order chi connectivity index (χ1) is 10.8. The second-order valence-corrected chi connectivity index (χ2v) is 6.11. The molecule has 0 saturated carbocycles. The Balaban J connectivity index is 2.11. The van der Waals surface area contributed by atoms with Gasteiger partial charge in [0.1, 0.15) is 0 Å². The van der Waals surface area contributed by atoms with E-state index in [0.717, 1.165) is 30.8 Å². The number of amidine groups is 1. The third-order valence-electron chi connectivity index (χ3n) is 3.46. The molecule has 0 aromatic heterocycles. The molecule has 0 aliphatic heterocycles. The molecule has 0 unspecified atom stereocenters. The normalized spacial score (nSPS) is 11.4. The first kappa shape index (κ1) is 16.8. The van der Waals surface area contributed by atoms with Crippen LogP contribution in [0, 0.1) is 0 Å². The summed E-state index contributed by atoms with van der Waals surface area (Å²) < 4.78 is 1.00. The van der Waals surface area contributed by atoms with Gasteiger partial charge in [-0.15, -0.1) is 0 Å². The van der Waals surface area contributed by atoms with Crippen LogP contribution in [-0.2, 0) is 13.1 Å². The fourth-order valence-electron chi connectivity index (χ4n) is 2.23. The van der Waals surface area contributed by atoms with Gasteiger partial charge in [0.2, 0.25) is 0 Å². The zero-order chi connectivity index (χ0) is 15.6. The number of benzene rings is 2. The molecular formula is C19H23N2Se. The number of hydrogen-bond donors (Lipinski definition) is 0. The molecule has 22 heavy (non-hydrogen) atoms. The molecule has 0 aliphatic carbocycles. The van der Waals surface area contributed by atoms with E-state index in [-0.39, 0.29) is 0 Å². The third kappa shape index (κ3) is 5.67. The van der Waals surface area contributed by atoms with Gasteiger partial charge < -0.3 is 0 Å². The molecule has 2 aromatic rings. The molecule has 2 rings (SSSR count). The van der Waals surface area contributed by atoms with Gasteiger partial charge in [-0.05, 0) is 0 Å². The number of hydrogen-bond acceptors (Lipinski definition) is 1. The van der Waals surface area contributed by atoms with Crippen molar-refractivity contribution in [3.8, 4) is 0 Å². The summed E-state index contributed by atoms with van der Waals surface area (Å²) in [6.07, 6.45) is 2.31. The fraction of sp³-hybridized carbons (Fsp3) is 0.316. The number of unbranched alkanes of at least 4 members (excludes halogenated alkanes) is 1. The van der Waals surface area contributed by atoms with Gasteiger partial charge in [-0.1, -0.05) is 0 Å². The standard InChI is InChI=1S/C19H23N2Se/c1-2-3-14-20-19(22)21(15-17-10-6-4-7-11-17)16-18-12-8-5-9-13-18/h4-13H,2-3,14-16H2,1H3. The van der Waals surface area contributed by atoms with Crippen LogP contribution >= 0.6 is 0 Å². The third-order valence-corrected chi connectivity index (χ3v) is 4.27. The fourth-order valence-corrected chi connectivity index (χ4v) is 2.69. The van der Waals surface area contributed by atoms with Crippen molar-refractivity contribution in [2.75, 3.05) is 6.54 Å². The molecule has 2 nitrogen and oxygen atoms in total. The van der Waals surface area contributed by atoms with Crippen molar-refractivity contribution in [3.05, 3.63) is 71.8 Å². The van der Waals surface area contributed by atoms with Gasteiger partial charge in [0.05, 0.1) is 0 Å². The van der Waals surface area contributed by atoms with Gasteiger partial charge in [-0.2, -0.15) is 0 Å². The summed E-state index contributed by atoms with van der Waals surface area (Å²) in [6.45, 7) is 4.82. The van der Waals surface area contributed by atoms with E-state index in [1.807, 2.05) is 0 Å². The van der Waals surface area contributed by atoms with Crippen molar-refractivity contribution in [1.29, 1.82) is 0 Å². The van der Waals surface area contributed by atoms with E-state index in [4.69, 9.17) is 4.99 Å². The molecule has 3 heteroatoms. The number of aliphatic imine (C=N–C) groups is 1. The molecule has 115 valence electrons. The Labute approximate surface area is 142 Å². The van der Waals surface area contributed by atoms with Crippen molar-refractivity contribution < 1.29 is 0 Å². The molecule has 0 bridgehead atoms. The van der Waals surface area contributed by atoms with Crippen LogP contribution in [0.25, 0.3) is 0 Å². The first-order valence-electron chi connectivity index (χ1n) is 7.84. The molecule has 0 spiro atoms. The maximum atomic E-state index is 4.69. The van der Waals surface area contributed by atoms with E-state index in [1.165, 1.54) is 17.5 Å². The van der Waals surface area contributed by atoms with E-state index < -0.39 is 0 Å². The zero-order valence-electron chi connectivity index (χ0n) is 13.1. The van der Waals surface area contributed by atoms with Crippen molar-refractivity contribution in [2.45, 2.75) is 32.9 Å². The van der Waals surface area contributed by atoms with Crippen LogP contribution in [0.15, 0.2) is 65.7 Å². The van der Waals surface area contributed by atoms with E-state index in [2.05, 4.69) is 88.5 Å². The molecule has 0 amide bonds. The Kier molecular flexibility index (Phi) is 7.21. The summed E-state index contributed by atoms with van der Waals surface area (Å²) in [6, 6.07) is 21.1. The number of nitrogens with zero attached hydrogens (tertiary/aromatic N) is 2. The number of rotatable bonds is 7. The average Bonchev–Trinajstić information content (AvgIpc) is 2.56. The zero-order valence-corrected chi connectivity index (χ0v) is 14.8. The van der Waals surface area contributed by atoms with Crippen LogP contribution < -0.4 is 0 Å². The summed E-state index contributed by atoms with van der Waals surface area (Å²) in [5, 5.41) is 0. The first-order valence-corrected chi connectivity index (χ1v) is 8.69. The van der Waals surface area contributed by atoms with Crippen molar-refractivity contribution >= 4 is 20.7 Å². The molecule has 0 saturated heterocycles. The average molecular weight is 358 g/mol. The van der Waals surface area contributed by atoms with Gasteiger partial charge in [0.15, 0.2) is 0 Å². The van der Waals surface area contributed by atoms with Crippen molar-refractivity contribution in [2.24, 2.45) is 4.99 Å². The van der Waals surface area contributed by atoms with Gasteiger partial charge in [0, 0.05) is 0 Å². The topological polar surface area (TPSA) is 15.6 Å². The van der Waals surface area contributed by atoms with Gasteiger partial charge >= 0.3 is 142 Å². The molecule has 0 N–H and O–H groups in total. The van der Waals surface area contributed by atoms with Crippen molar-refractivity contribution in [3.63, 3.8) is 0 Å². The van der Waals surface area contributed by atoms with E-state index >= 15 is 0 Å². The monoisotopic (exact) mass is 359 g/mol. The molecule has 1 radical (unpaired) electrons. The minimum absolute atomic E-state index is 0.869. The van der Waals surface area contributed by atoms with Crippen LogP contribution in [0.5, 0.6) is 0 Å². The second kappa shape index (κ2) is 9.45. The van der Waals surface area contributed by atoms with Crippen LogP contribution in [0.3, 0.4) is 0 Å². The molecule has 0 heterocycles. The summed E-state index contributed by atoms with van der Waals surface area (Å²) in [5.41, 5.74) is 2.61. The van der Waals surface area contributed by atoms with Gasteiger partial charge in [-0.25, -0.2) is 0 Å². The quantitative estimate of drug-likeness (QED) is 0.316. The molecule has 0 fully saturated rings. The van der Waals surface area contributed by atoms with Gasteiger partial charge in [-0.3, -0.25) is 0 Å². The summed E-state index contributed by atoms with van der Waals surface area (Å²) >= 11 is 3.15. The predicted octanol–water partition coefficient (Wildman–Crippen LogP) is 4.01. The van der Waals surface area contributed by atoms with E-state index in [9.17, 15) is 0 Å². The Hall–Kier alpha value is -1.57. The van der Waals surface area contributed by atoms with Crippen LogP contribution in [-0.4, -0.2) is 32.2 Å². The Bertz CT molecular complexity index is 525. The van der Waals surface area contributed by atoms with Gasteiger partial charge in [0.25, 0.3) is 0 Å². The van der Waals surface area contributed by atoms with Crippen molar-refractivity contribution in [1.82, 2.24) is 4.90 Å².